The molecule has 1 amide bonds. The summed E-state index contributed by atoms with van der Waals surface area (Å²) in [6, 6.07) is 0. The van der Waals surface area contributed by atoms with Crippen molar-refractivity contribution < 1.29 is 19.8 Å². The zero-order valence-electron chi connectivity index (χ0n) is 10.7. The first-order valence-corrected chi connectivity index (χ1v) is 6.73. The number of aliphatic carboxylic acids is 1. The van der Waals surface area contributed by atoms with Crippen LogP contribution in [0.25, 0.3) is 0 Å². The van der Waals surface area contributed by atoms with Crippen molar-refractivity contribution in [3.63, 3.8) is 0 Å². The van der Waals surface area contributed by atoms with Crippen LogP contribution in [0.3, 0.4) is 0 Å². The maximum Gasteiger partial charge on any atom is 0.303 e. The summed E-state index contributed by atoms with van der Waals surface area (Å²) >= 11 is 0. The van der Waals surface area contributed by atoms with Crippen molar-refractivity contribution in [1.29, 1.82) is 0 Å². The molecule has 1 rings (SSSR count). The zero-order valence-corrected chi connectivity index (χ0v) is 10.7. The highest BCUT2D eigenvalue weighted by Crippen LogP contribution is 2.30. The number of carbonyl (C=O) groups excluding carboxylic acids is 1. The van der Waals surface area contributed by atoms with Crippen LogP contribution >= 0.6 is 0 Å². The average Bonchev–Trinajstić information content (AvgIpc) is 2.79. The van der Waals surface area contributed by atoms with E-state index in [0.717, 1.165) is 19.3 Å². The monoisotopic (exact) mass is 257 g/mol. The van der Waals surface area contributed by atoms with E-state index in [4.69, 9.17) is 10.2 Å². The Morgan fingerprint density at radius 3 is 2.44 bits per heavy atom. The summed E-state index contributed by atoms with van der Waals surface area (Å²) in [4.78, 5) is 21.8. The molecule has 0 aliphatic heterocycles. The zero-order chi connectivity index (χ0) is 13.4. The number of amides is 1. The predicted octanol–water partition coefficient (Wildman–Crippen LogP) is 1.16. The van der Waals surface area contributed by atoms with Crippen LogP contribution < -0.4 is 5.32 Å². The Balaban J connectivity index is 2.07. The van der Waals surface area contributed by atoms with Crippen molar-refractivity contribution in [2.24, 2.45) is 11.8 Å². The second kappa shape index (κ2) is 8.08. The number of carbonyl (C=O) groups is 2. The molecule has 3 N–H and O–H groups in total. The van der Waals surface area contributed by atoms with Crippen LogP contribution in [0.5, 0.6) is 0 Å². The first-order chi connectivity index (χ1) is 8.63. The molecule has 0 bridgehead atoms. The van der Waals surface area contributed by atoms with Crippen LogP contribution in [0.4, 0.5) is 0 Å². The van der Waals surface area contributed by atoms with Gasteiger partial charge in [-0.2, -0.15) is 0 Å². The molecular weight excluding hydrogens is 234 g/mol. The fraction of sp³-hybridized carbons (Fsp3) is 0.846. The van der Waals surface area contributed by atoms with Crippen molar-refractivity contribution in [3.8, 4) is 0 Å². The third kappa shape index (κ3) is 5.49. The van der Waals surface area contributed by atoms with Gasteiger partial charge in [0.2, 0.25) is 5.91 Å². The highest BCUT2D eigenvalue weighted by molar-refractivity contribution is 5.75. The molecule has 0 heterocycles. The largest absolute Gasteiger partial charge is 0.481 e. The topological polar surface area (TPSA) is 86.6 Å². The Morgan fingerprint density at radius 2 is 1.78 bits per heavy atom. The summed E-state index contributed by atoms with van der Waals surface area (Å²) in [6.07, 6.45) is 4.94. The standard InChI is InChI=1S/C13H23NO4/c15-9-11-5-3-4-10(11)8-14-12(16)6-1-2-7-13(17)18/h10-11,15H,1-9H2,(H,14,16)(H,17,18). The lowest BCUT2D eigenvalue weighted by Crippen LogP contribution is -2.31. The second-order valence-electron chi connectivity index (χ2n) is 5.04. The van der Waals surface area contributed by atoms with E-state index < -0.39 is 5.97 Å². The summed E-state index contributed by atoms with van der Waals surface area (Å²) in [5.74, 6) is -0.0913. The van der Waals surface area contributed by atoms with Gasteiger partial charge in [-0.15, -0.1) is 0 Å². The first-order valence-electron chi connectivity index (χ1n) is 6.73. The molecule has 0 spiro atoms. The van der Waals surface area contributed by atoms with Crippen molar-refractivity contribution in [3.05, 3.63) is 0 Å². The van der Waals surface area contributed by atoms with E-state index in [1.54, 1.807) is 0 Å². The Kier molecular flexibility index (Phi) is 6.72. The number of aliphatic hydroxyl groups excluding tert-OH is 1. The number of rotatable bonds is 8. The lowest BCUT2D eigenvalue weighted by Gasteiger charge is -2.17. The lowest BCUT2D eigenvalue weighted by molar-refractivity contribution is -0.137. The molecule has 1 aliphatic carbocycles. The normalized spacial score (nSPS) is 22.9. The molecule has 0 aromatic heterocycles. The van der Waals surface area contributed by atoms with Gasteiger partial charge in [-0.05, 0) is 37.5 Å². The third-order valence-electron chi connectivity index (χ3n) is 3.66. The van der Waals surface area contributed by atoms with E-state index in [-0.39, 0.29) is 18.9 Å². The van der Waals surface area contributed by atoms with Crippen LogP contribution in [0.15, 0.2) is 0 Å². The number of carboxylic acids is 1. The Labute approximate surface area is 108 Å². The molecule has 0 radical (unpaired) electrons. The van der Waals surface area contributed by atoms with E-state index in [9.17, 15) is 9.59 Å². The van der Waals surface area contributed by atoms with Gasteiger partial charge in [0.25, 0.3) is 0 Å². The summed E-state index contributed by atoms with van der Waals surface area (Å²) < 4.78 is 0. The number of hydrogen-bond acceptors (Lipinski definition) is 3. The van der Waals surface area contributed by atoms with Crippen LogP contribution in [0.2, 0.25) is 0 Å². The summed E-state index contributed by atoms with van der Waals surface area (Å²) in [6.45, 7) is 0.849. The Bertz CT molecular complexity index is 280. The molecule has 0 saturated heterocycles. The van der Waals surface area contributed by atoms with Gasteiger partial charge in [0.05, 0.1) is 0 Å². The molecule has 104 valence electrons. The number of nitrogens with one attached hydrogen (secondary N) is 1. The molecule has 1 saturated carbocycles. The van der Waals surface area contributed by atoms with Crippen LogP contribution in [0, 0.1) is 11.8 Å². The fourth-order valence-corrected chi connectivity index (χ4v) is 2.52. The molecule has 0 aromatic carbocycles. The molecule has 2 unspecified atom stereocenters. The van der Waals surface area contributed by atoms with Gasteiger partial charge in [0, 0.05) is 26.0 Å². The summed E-state index contributed by atoms with van der Waals surface area (Å²) in [7, 11) is 0. The second-order valence-corrected chi connectivity index (χ2v) is 5.04. The minimum absolute atomic E-state index is 0.0102. The molecule has 5 nitrogen and oxygen atoms in total. The Hall–Kier alpha value is -1.10. The van der Waals surface area contributed by atoms with Gasteiger partial charge in [0.1, 0.15) is 0 Å². The van der Waals surface area contributed by atoms with Crippen LogP contribution in [0.1, 0.15) is 44.9 Å². The number of unbranched alkanes of at least 4 members (excludes halogenated alkanes) is 1. The summed E-state index contributed by atoms with van der Waals surface area (Å²) in [5.41, 5.74) is 0. The maximum atomic E-state index is 11.5. The van der Waals surface area contributed by atoms with E-state index in [1.165, 1.54) is 0 Å². The Morgan fingerprint density at radius 1 is 1.11 bits per heavy atom. The van der Waals surface area contributed by atoms with E-state index in [1.807, 2.05) is 0 Å². The van der Waals surface area contributed by atoms with Gasteiger partial charge in [-0.1, -0.05) is 6.42 Å². The van der Waals surface area contributed by atoms with E-state index >= 15 is 0 Å². The number of hydrogen-bond donors (Lipinski definition) is 3. The lowest BCUT2D eigenvalue weighted by atomic mass is 9.97. The molecule has 5 heteroatoms. The number of carboxylic acid groups (broad SMARTS) is 1. The molecule has 18 heavy (non-hydrogen) atoms. The molecule has 0 aromatic rings. The fourth-order valence-electron chi connectivity index (χ4n) is 2.52. The molecule has 2 atom stereocenters. The molecular formula is C13H23NO4. The maximum absolute atomic E-state index is 11.5. The van der Waals surface area contributed by atoms with Gasteiger partial charge < -0.3 is 15.5 Å². The van der Waals surface area contributed by atoms with Crippen LogP contribution in [-0.2, 0) is 9.59 Å². The minimum atomic E-state index is -0.813. The quantitative estimate of drug-likeness (QED) is 0.569. The highest BCUT2D eigenvalue weighted by atomic mass is 16.4. The van der Waals surface area contributed by atoms with Gasteiger partial charge in [-0.3, -0.25) is 9.59 Å². The molecule has 1 aliphatic rings. The van der Waals surface area contributed by atoms with E-state index in [2.05, 4.69) is 5.32 Å². The van der Waals surface area contributed by atoms with Crippen LogP contribution in [-0.4, -0.2) is 35.2 Å². The molecule has 1 fully saturated rings. The minimum Gasteiger partial charge on any atom is -0.481 e. The first kappa shape index (κ1) is 15.0. The highest BCUT2D eigenvalue weighted by Gasteiger charge is 2.26. The van der Waals surface area contributed by atoms with Crippen molar-refractivity contribution in [2.45, 2.75) is 44.9 Å². The summed E-state index contributed by atoms with van der Waals surface area (Å²) in [5, 5.41) is 20.5. The predicted molar refractivity (Wildman–Crippen MR) is 67.0 cm³/mol. The van der Waals surface area contributed by atoms with Crippen molar-refractivity contribution >= 4 is 11.9 Å². The number of aliphatic hydroxyl groups is 1. The van der Waals surface area contributed by atoms with Gasteiger partial charge in [-0.25, -0.2) is 0 Å². The van der Waals surface area contributed by atoms with Gasteiger partial charge in [0.15, 0.2) is 0 Å². The van der Waals surface area contributed by atoms with Crippen molar-refractivity contribution in [2.75, 3.05) is 13.2 Å². The third-order valence-corrected chi connectivity index (χ3v) is 3.66. The average molecular weight is 257 g/mol. The van der Waals surface area contributed by atoms with E-state index in [0.29, 0.717) is 37.6 Å². The smallest absolute Gasteiger partial charge is 0.303 e. The SMILES string of the molecule is O=C(O)CCCCC(=O)NCC1CCCC1CO. The van der Waals surface area contributed by atoms with Gasteiger partial charge >= 0.3 is 5.97 Å². The van der Waals surface area contributed by atoms with Crippen molar-refractivity contribution in [1.82, 2.24) is 5.32 Å².